The summed E-state index contributed by atoms with van der Waals surface area (Å²) in [7, 11) is -0.0911. The van der Waals surface area contributed by atoms with Gasteiger partial charge in [0, 0.05) is 6.54 Å². The molecule has 0 unspecified atom stereocenters. The van der Waals surface area contributed by atoms with Crippen molar-refractivity contribution in [3.05, 3.63) is 22.7 Å². The van der Waals surface area contributed by atoms with Gasteiger partial charge in [-0.1, -0.05) is 0 Å². The highest BCUT2D eigenvalue weighted by Gasteiger charge is 2.14. The molecule has 1 aromatic rings. The minimum atomic E-state index is -3.45. The van der Waals surface area contributed by atoms with Gasteiger partial charge in [0.1, 0.15) is 5.75 Å². The number of halogens is 2. The molecule has 5 nitrogen and oxygen atoms in total. The fraction of sp³-hybridized carbons (Fsp3) is 0.455. The van der Waals surface area contributed by atoms with Gasteiger partial charge in [0.2, 0.25) is 10.0 Å². The molecular weight excluding hydrogens is 356 g/mol. The highest BCUT2D eigenvalue weighted by molar-refractivity contribution is 9.10. The molecule has 0 aliphatic carbocycles. The average molecular weight is 374 g/mol. The molecule has 0 saturated carbocycles. The van der Waals surface area contributed by atoms with Gasteiger partial charge in [-0.25, -0.2) is 13.1 Å². The highest BCUT2D eigenvalue weighted by atomic mass is 79.9. The Morgan fingerprint density at radius 3 is 2.53 bits per heavy atom. The number of sulfonamides is 1. The first-order valence-electron chi connectivity index (χ1n) is 5.49. The second-order valence-corrected chi connectivity index (χ2v) is 6.27. The van der Waals surface area contributed by atoms with Crippen molar-refractivity contribution < 1.29 is 13.2 Å². The molecule has 0 amide bonds. The number of rotatable bonds is 7. The Bertz CT molecular complexity index is 497. The molecule has 0 atom stereocenters. The predicted molar refractivity (Wildman–Crippen MR) is 81.7 cm³/mol. The molecule has 0 heterocycles. The van der Waals surface area contributed by atoms with Crippen molar-refractivity contribution in [2.24, 2.45) is 0 Å². The maximum absolute atomic E-state index is 12.0. The van der Waals surface area contributed by atoms with E-state index < -0.39 is 10.0 Å². The largest absolute Gasteiger partial charge is 0.496 e. The molecule has 2 N–H and O–H groups in total. The zero-order chi connectivity index (χ0) is 13.6. The van der Waals surface area contributed by atoms with Crippen molar-refractivity contribution in [2.45, 2.75) is 11.3 Å². The van der Waals surface area contributed by atoms with E-state index in [-0.39, 0.29) is 17.3 Å². The summed E-state index contributed by atoms with van der Waals surface area (Å²) in [6, 6.07) is 4.66. The zero-order valence-electron chi connectivity index (χ0n) is 10.8. The van der Waals surface area contributed by atoms with Crippen molar-refractivity contribution in [1.29, 1.82) is 0 Å². The summed E-state index contributed by atoms with van der Waals surface area (Å²) in [6.07, 6.45) is 0.743. The van der Waals surface area contributed by atoms with Gasteiger partial charge in [-0.15, -0.1) is 12.4 Å². The number of methoxy groups -OCH3 is 1. The summed E-state index contributed by atoms with van der Waals surface area (Å²) in [5.74, 6) is 0.601. The SMILES string of the molecule is CNCCCNS(=O)(=O)c1ccc(OC)c(Br)c1.Cl. The summed E-state index contributed by atoms with van der Waals surface area (Å²) in [5.41, 5.74) is 0. The van der Waals surface area contributed by atoms with E-state index in [0.29, 0.717) is 16.8 Å². The molecule has 0 saturated heterocycles. The van der Waals surface area contributed by atoms with Crippen molar-refractivity contribution in [3.8, 4) is 5.75 Å². The van der Waals surface area contributed by atoms with Crippen LogP contribution < -0.4 is 14.8 Å². The minimum absolute atomic E-state index is 0. The van der Waals surface area contributed by atoms with Crippen LogP contribution in [0, 0.1) is 0 Å². The van der Waals surface area contributed by atoms with Gasteiger partial charge in [-0.2, -0.15) is 0 Å². The van der Waals surface area contributed by atoms with Crippen LogP contribution in [0.4, 0.5) is 0 Å². The molecule has 0 aliphatic heterocycles. The molecule has 0 spiro atoms. The lowest BCUT2D eigenvalue weighted by Crippen LogP contribution is -2.26. The van der Waals surface area contributed by atoms with Crippen LogP contribution in [0.15, 0.2) is 27.6 Å². The lowest BCUT2D eigenvalue weighted by Gasteiger charge is -2.08. The molecule has 110 valence electrons. The molecule has 0 radical (unpaired) electrons. The van der Waals surface area contributed by atoms with Crippen LogP contribution in [0.5, 0.6) is 5.75 Å². The lowest BCUT2D eigenvalue weighted by atomic mass is 10.3. The topological polar surface area (TPSA) is 67.4 Å². The number of ether oxygens (including phenoxy) is 1. The zero-order valence-corrected chi connectivity index (χ0v) is 14.0. The summed E-state index contributed by atoms with van der Waals surface area (Å²) in [4.78, 5) is 0.222. The molecule has 0 bridgehead atoms. The van der Waals surface area contributed by atoms with E-state index in [2.05, 4.69) is 26.0 Å². The van der Waals surface area contributed by atoms with Gasteiger partial charge >= 0.3 is 0 Å². The van der Waals surface area contributed by atoms with Crippen LogP contribution in [-0.4, -0.2) is 35.7 Å². The van der Waals surface area contributed by atoms with E-state index in [1.807, 2.05) is 7.05 Å². The number of nitrogens with one attached hydrogen (secondary N) is 2. The molecule has 8 heteroatoms. The van der Waals surface area contributed by atoms with Crippen LogP contribution in [0.1, 0.15) is 6.42 Å². The van der Waals surface area contributed by atoms with Gasteiger partial charge in [0.15, 0.2) is 0 Å². The van der Waals surface area contributed by atoms with E-state index in [0.717, 1.165) is 13.0 Å². The smallest absolute Gasteiger partial charge is 0.240 e. The molecular formula is C11H18BrClN2O3S. The molecule has 1 rings (SSSR count). The van der Waals surface area contributed by atoms with E-state index in [1.54, 1.807) is 6.07 Å². The standard InChI is InChI=1S/C11H17BrN2O3S.ClH/c1-13-6-3-7-14-18(15,16)9-4-5-11(17-2)10(12)8-9;/h4-5,8,13-14H,3,6-7H2,1-2H3;1H. The van der Waals surface area contributed by atoms with Crippen LogP contribution >= 0.6 is 28.3 Å². The van der Waals surface area contributed by atoms with Crippen LogP contribution in [-0.2, 0) is 10.0 Å². The van der Waals surface area contributed by atoms with Crippen LogP contribution in [0.25, 0.3) is 0 Å². The average Bonchev–Trinajstić information content (AvgIpc) is 2.34. The Morgan fingerprint density at radius 1 is 1.32 bits per heavy atom. The molecule has 19 heavy (non-hydrogen) atoms. The molecule has 0 fully saturated rings. The monoisotopic (exact) mass is 372 g/mol. The Hall–Kier alpha value is -0.340. The van der Waals surface area contributed by atoms with Gasteiger partial charge in [-0.05, 0) is 54.1 Å². The molecule has 0 aromatic heterocycles. The third kappa shape index (κ3) is 5.66. The van der Waals surface area contributed by atoms with E-state index in [1.165, 1.54) is 19.2 Å². The maximum Gasteiger partial charge on any atom is 0.240 e. The van der Waals surface area contributed by atoms with Gasteiger partial charge in [0.05, 0.1) is 16.5 Å². The first kappa shape index (κ1) is 18.7. The summed E-state index contributed by atoms with van der Waals surface area (Å²) in [6.45, 7) is 1.18. The van der Waals surface area contributed by atoms with Crippen molar-refractivity contribution >= 4 is 38.4 Å². The predicted octanol–water partition coefficient (Wildman–Crippen LogP) is 1.77. The van der Waals surface area contributed by atoms with Crippen LogP contribution in [0.2, 0.25) is 0 Å². The summed E-state index contributed by atoms with van der Waals surface area (Å²) in [5, 5.41) is 2.96. The van der Waals surface area contributed by atoms with E-state index >= 15 is 0 Å². The van der Waals surface area contributed by atoms with Gasteiger partial charge < -0.3 is 10.1 Å². The van der Waals surface area contributed by atoms with Crippen molar-refractivity contribution in [2.75, 3.05) is 27.2 Å². The second kappa shape index (κ2) is 8.76. The quantitative estimate of drug-likeness (QED) is 0.715. The highest BCUT2D eigenvalue weighted by Crippen LogP contribution is 2.27. The Labute approximate surface area is 128 Å². The summed E-state index contributed by atoms with van der Waals surface area (Å²) >= 11 is 3.27. The van der Waals surface area contributed by atoms with Gasteiger partial charge in [0.25, 0.3) is 0 Å². The van der Waals surface area contributed by atoms with Crippen molar-refractivity contribution in [3.63, 3.8) is 0 Å². The Kier molecular flexibility index (Phi) is 8.60. The third-order valence-corrected chi connectivity index (χ3v) is 4.41. The number of hydrogen-bond acceptors (Lipinski definition) is 4. The Balaban J connectivity index is 0.00000324. The van der Waals surface area contributed by atoms with Gasteiger partial charge in [-0.3, -0.25) is 0 Å². The fourth-order valence-electron chi connectivity index (χ4n) is 1.37. The third-order valence-electron chi connectivity index (χ3n) is 2.33. The van der Waals surface area contributed by atoms with E-state index in [4.69, 9.17) is 4.74 Å². The minimum Gasteiger partial charge on any atom is -0.496 e. The first-order chi connectivity index (χ1) is 8.51. The fourth-order valence-corrected chi connectivity index (χ4v) is 3.16. The molecule has 0 aliphatic rings. The van der Waals surface area contributed by atoms with E-state index in [9.17, 15) is 8.42 Å². The normalized spacial score (nSPS) is 10.9. The second-order valence-electron chi connectivity index (χ2n) is 3.65. The van der Waals surface area contributed by atoms with Crippen molar-refractivity contribution in [1.82, 2.24) is 10.0 Å². The first-order valence-corrected chi connectivity index (χ1v) is 7.76. The van der Waals surface area contributed by atoms with Crippen LogP contribution in [0.3, 0.4) is 0 Å². The number of benzene rings is 1. The number of hydrogen-bond donors (Lipinski definition) is 2. The summed E-state index contributed by atoms with van der Waals surface area (Å²) < 4.78 is 32.1. The maximum atomic E-state index is 12.0. The molecule has 1 aromatic carbocycles. The lowest BCUT2D eigenvalue weighted by molar-refractivity contribution is 0.411. The Morgan fingerprint density at radius 2 is 2.00 bits per heavy atom.